The van der Waals surface area contributed by atoms with Crippen LogP contribution in [0.3, 0.4) is 0 Å². The van der Waals surface area contributed by atoms with Crippen LogP contribution in [0.1, 0.15) is 30.0 Å². The minimum atomic E-state index is 0.667. The molecule has 1 unspecified atom stereocenters. The summed E-state index contributed by atoms with van der Waals surface area (Å²) >= 11 is 0. The first-order valence-corrected chi connectivity index (χ1v) is 6.68. The molecule has 1 aromatic carbocycles. The van der Waals surface area contributed by atoms with E-state index in [9.17, 15) is 0 Å². The summed E-state index contributed by atoms with van der Waals surface area (Å²) in [6.45, 7) is 12.2. The third-order valence-corrected chi connectivity index (χ3v) is 3.63. The standard InChI is InChI=1S/C15H24N2/c1-5-16-14-6-7-17(10-14)15-12(3)8-11(2)9-13(15)4/h8-9,14,16H,5-7,10H2,1-4H3. The summed E-state index contributed by atoms with van der Waals surface area (Å²) in [4.78, 5) is 2.54. The maximum absolute atomic E-state index is 3.55. The van der Waals surface area contributed by atoms with E-state index in [2.05, 4.69) is 50.0 Å². The zero-order valence-corrected chi connectivity index (χ0v) is 11.5. The molecule has 2 nitrogen and oxygen atoms in total. The molecule has 2 heteroatoms. The Balaban J connectivity index is 2.19. The van der Waals surface area contributed by atoms with Gasteiger partial charge in [-0.05, 0) is 44.9 Å². The van der Waals surface area contributed by atoms with E-state index in [-0.39, 0.29) is 0 Å². The molecule has 1 aliphatic rings. The molecule has 1 fully saturated rings. The summed E-state index contributed by atoms with van der Waals surface area (Å²) in [5, 5.41) is 3.55. The first-order chi connectivity index (χ1) is 8.11. The molecule has 0 amide bonds. The highest BCUT2D eigenvalue weighted by Crippen LogP contribution is 2.29. The molecule has 2 rings (SSSR count). The molecule has 94 valence electrons. The number of hydrogen-bond donors (Lipinski definition) is 1. The maximum Gasteiger partial charge on any atom is 0.0426 e. The number of nitrogens with one attached hydrogen (secondary N) is 1. The summed E-state index contributed by atoms with van der Waals surface area (Å²) in [5.74, 6) is 0. The van der Waals surface area contributed by atoms with Gasteiger partial charge in [0.1, 0.15) is 0 Å². The second-order valence-electron chi connectivity index (χ2n) is 5.24. The number of anilines is 1. The van der Waals surface area contributed by atoms with Gasteiger partial charge in [-0.25, -0.2) is 0 Å². The van der Waals surface area contributed by atoms with Crippen LogP contribution >= 0.6 is 0 Å². The molecule has 1 saturated heterocycles. The van der Waals surface area contributed by atoms with E-state index < -0.39 is 0 Å². The first kappa shape index (κ1) is 12.4. The third-order valence-electron chi connectivity index (χ3n) is 3.63. The zero-order chi connectivity index (χ0) is 12.4. The Hall–Kier alpha value is -1.02. The normalized spacial score (nSPS) is 20.0. The van der Waals surface area contributed by atoms with E-state index in [1.165, 1.54) is 35.3 Å². The molecule has 1 aromatic rings. The lowest BCUT2D eigenvalue weighted by Gasteiger charge is -2.24. The van der Waals surface area contributed by atoms with Gasteiger partial charge >= 0.3 is 0 Å². The average molecular weight is 232 g/mol. The fourth-order valence-corrected chi connectivity index (χ4v) is 3.09. The van der Waals surface area contributed by atoms with E-state index in [4.69, 9.17) is 0 Å². The molecule has 1 aliphatic heterocycles. The first-order valence-electron chi connectivity index (χ1n) is 6.68. The van der Waals surface area contributed by atoms with E-state index in [0.717, 1.165) is 13.1 Å². The molecule has 17 heavy (non-hydrogen) atoms. The number of nitrogens with zero attached hydrogens (tertiary/aromatic N) is 1. The average Bonchev–Trinajstić information content (AvgIpc) is 2.65. The maximum atomic E-state index is 3.55. The molecule has 1 N–H and O–H groups in total. The van der Waals surface area contributed by atoms with Gasteiger partial charge in [0, 0.05) is 24.8 Å². The Labute approximate surface area is 105 Å². The van der Waals surface area contributed by atoms with Crippen LogP contribution in [0.5, 0.6) is 0 Å². The second-order valence-corrected chi connectivity index (χ2v) is 5.24. The summed E-state index contributed by atoms with van der Waals surface area (Å²) in [6, 6.07) is 5.26. The van der Waals surface area contributed by atoms with Crippen molar-refractivity contribution in [3.05, 3.63) is 28.8 Å². The monoisotopic (exact) mass is 232 g/mol. The van der Waals surface area contributed by atoms with Crippen molar-refractivity contribution in [1.82, 2.24) is 5.32 Å². The number of hydrogen-bond acceptors (Lipinski definition) is 2. The predicted octanol–water partition coefficient (Wildman–Crippen LogP) is 2.80. The van der Waals surface area contributed by atoms with Gasteiger partial charge in [0.2, 0.25) is 0 Å². The number of aryl methyl sites for hydroxylation is 3. The van der Waals surface area contributed by atoms with Crippen molar-refractivity contribution in [3.63, 3.8) is 0 Å². The molecular weight excluding hydrogens is 208 g/mol. The molecule has 0 aliphatic carbocycles. The fraction of sp³-hybridized carbons (Fsp3) is 0.600. The number of rotatable bonds is 3. The SMILES string of the molecule is CCNC1CCN(c2c(C)cc(C)cc2C)C1. The van der Waals surface area contributed by atoms with Crippen molar-refractivity contribution in [1.29, 1.82) is 0 Å². The fourth-order valence-electron chi connectivity index (χ4n) is 3.09. The van der Waals surface area contributed by atoms with E-state index in [1.54, 1.807) is 0 Å². The molecule has 1 heterocycles. The topological polar surface area (TPSA) is 15.3 Å². The van der Waals surface area contributed by atoms with Gasteiger partial charge in [-0.1, -0.05) is 24.6 Å². The molecule has 0 radical (unpaired) electrons. The Bertz CT molecular complexity index is 375. The zero-order valence-electron chi connectivity index (χ0n) is 11.5. The van der Waals surface area contributed by atoms with Crippen LogP contribution in [0.15, 0.2) is 12.1 Å². The Kier molecular flexibility index (Phi) is 3.72. The molecule has 0 spiro atoms. The third kappa shape index (κ3) is 2.63. The lowest BCUT2D eigenvalue weighted by atomic mass is 10.0. The van der Waals surface area contributed by atoms with Gasteiger partial charge in [-0.3, -0.25) is 0 Å². The van der Waals surface area contributed by atoms with Crippen LogP contribution in [-0.4, -0.2) is 25.7 Å². The molecule has 1 atom stereocenters. The summed E-state index contributed by atoms with van der Waals surface area (Å²) in [7, 11) is 0. The molecule has 0 saturated carbocycles. The van der Waals surface area contributed by atoms with Crippen molar-refractivity contribution in [3.8, 4) is 0 Å². The highest BCUT2D eigenvalue weighted by Gasteiger charge is 2.23. The molecule has 0 aromatic heterocycles. The smallest absolute Gasteiger partial charge is 0.0426 e. The van der Waals surface area contributed by atoms with Gasteiger partial charge < -0.3 is 10.2 Å². The highest BCUT2D eigenvalue weighted by molar-refractivity contribution is 5.60. The van der Waals surface area contributed by atoms with Gasteiger partial charge in [-0.2, -0.15) is 0 Å². The molecule has 0 bridgehead atoms. The van der Waals surface area contributed by atoms with Crippen LogP contribution < -0.4 is 10.2 Å². The van der Waals surface area contributed by atoms with Crippen molar-refractivity contribution in [2.24, 2.45) is 0 Å². The van der Waals surface area contributed by atoms with E-state index >= 15 is 0 Å². The van der Waals surface area contributed by atoms with E-state index in [1.807, 2.05) is 0 Å². The quantitative estimate of drug-likeness (QED) is 0.862. The van der Waals surface area contributed by atoms with Crippen molar-refractivity contribution in [2.75, 3.05) is 24.5 Å². The minimum Gasteiger partial charge on any atom is -0.369 e. The highest BCUT2D eigenvalue weighted by atomic mass is 15.2. The van der Waals surface area contributed by atoms with Gasteiger partial charge in [0.25, 0.3) is 0 Å². The summed E-state index contributed by atoms with van der Waals surface area (Å²) in [6.07, 6.45) is 1.26. The second kappa shape index (κ2) is 5.09. The Morgan fingerprint density at radius 3 is 2.47 bits per heavy atom. The van der Waals surface area contributed by atoms with Gasteiger partial charge in [0.05, 0.1) is 0 Å². The van der Waals surface area contributed by atoms with Crippen LogP contribution in [0.2, 0.25) is 0 Å². The van der Waals surface area contributed by atoms with Crippen molar-refractivity contribution in [2.45, 2.75) is 40.2 Å². The van der Waals surface area contributed by atoms with Crippen LogP contribution in [0, 0.1) is 20.8 Å². The molecular formula is C15H24N2. The summed E-state index contributed by atoms with van der Waals surface area (Å²) in [5.41, 5.74) is 5.65. The minimum absolute atomic E-state index is 0.667. The number of benzene rings is 1. The summed E-state index contributed by atoms with van der Waals surface area (Å²) < 4.78 is 0. The van der Waals surface area contributed by atoms with Gasteiger partial charge in [0.15, 0.2) is 0 Å². The Morgan fingerprint density at radius 2 is 1.88 bits per heavy atom. The van der Waals surface area contributed by atoms with Crippen LogP contribution in [0.4, 0.5) is 5.69 Å². The largest absolute Gasteiger partial charge is 0.369 e. The van der Waals surface area contributed by atoms with Crippen molar-refractivity contribution < 1.29 is 0 Å². The van der Waals surface area contributed by atoms with Crippen LogP contribution in [-0.2, 0) is 0 Å². The number of likely N-dealkylation sites (N-methyl/N-ethyl adjacent to an activating group) is 1. The van der Waals surface area contributed by atoms with E-state index in [0.29, 0.717) is 6.04 Å². The van der Waals surface area contributed by atoms with Crippen LogP contribution in [0.25, 0.3) is 0 Å². The lowest BCUT2D eigenvalue weighted by Crippen LogP contribution is -2.32. The predicted molar refractivity (Wildman–Crippen MR) is 74.9 cm³/mol. The lowest BCUT2D eigenvalue weighted by molar-refractivity contribution is 0.572. The van der Waals surface area contributed by atoms with Crippen molar-refractivity contribution >= 4 is 5.69 Å². The Morgan fingerprint density at radius 1 is 1.24 bits per heavy atom. The van der Waals surface area contributed by atoms with Gasteiger partial charge in [-0.15, -0.1) is 0 Å².